The molecule has 1 heterocycles. The summed E-state index contributed by atoms with van der Waals surface area (Å²) in [6, 6.07) is 33.1. The van der Waals surface area contributed by atoms with Gasteiger partial charge in [-0.25, -0.2) is 0 Å². The van der Waals surface area contributed by atoms with E-state index in [1.165, 1.54) is 38.9 Å². The van der Waals surface area contributed by atoms with Crippen molar-refractivity contribution in [3.05, 3.63) is 130 Å². The van der Waals surface area contributed by atoms with Gasteiger partial charge in [-0.1, -0.05) is 98.8 Å². The number of rotatable bonds is 0. The first-order valence-corrected chi connectivity index (χ1v) is 10.6. The van der Waals surface area contributed by atoms with Crippen molar-refractivity contribution in [2.45, 2.75) is 31.6 Å². The van der Waals surface area contributed by atoms with Gasteiger partial charge in [0.1, 0.15) is 11.5 Å². The number of fused-ring (bicyclic) bond motifs is 8. The van der Waals surface area contributed by atoms with Gasteiger partial charge in [0.25, 0.3) is 0 Å². The molecule has 0 saturated carbocycles. The van der Waals surface area contributed by atoms with Crippen molar-refractivity contribution in [1.82, 2.24) is 0 Å². The molecule has 0 unspecified atom stereocenters. The smallest absolute Gasteiger partial charge is 0.135 e. The van der Waals surface area contributed by atoms with Crippen LogP contribution < -0.4 is 4.74 Å². The van der Waals surface area contributed by atoms with Crippen LogP contribution in [0, 0.1) is 6.92 Å². The minimum Gasteiger partial charge on any atom is -0.456 e. The Morgan fingerprint density at radius 1 is 0.533 bits per heavy atom. The van der Waals surface area contributed by atoms with Crippen molar-refractivity contribution in [1.29, 1.82) is 0 Å². The lowest BCUT2D eigenvalue weighted by Gasteiger charge is -2.50. The fourth-order valence-corrected chi connectivity index (χ4v) is 5.78. The van der Waals surface area contributed by atoms with Gasteiger partial charge in [-0.15, -0.1) is 0 Å². The van der Waals surface area contributed by atoms with Crippen LogP contribution in [0.3, 0.4) is 0 Å². The summed E-state index contributed by atoms with van der Waals surface area (Å²) in [5.41, 5.74) is 8.64. The van der Waals surface area contributed by atoms with E-state index in [4.69, 9.17) is 4.74 Å². The van der Waals surface area contributed by atoms with E-state index in [1.54, 1.807) is 0 Å². The number of hydrogen-bond acceptors (Lipinski definition) is 1. The molecule has 1 heteroatoms. The third kappa shape index (κ3) is 1.98. The van der Waals surface area contributed by atoms with Crippen LogP contribution in [0.1, 0.15) is 52.8 Å². The Balaban J connectivity index is 1.89. The summed E-state index contributed by atoms with van der Waals surface area (Å²) >= 11 is 0. The zero-order valence-electron chi connectivity index (χ0n) is 17.6. The summed E-state index contributed by atoms with van der Waals surface area (Å²) in [6.07, 6.45) is 0. The Hall–Kier alpha value is -3.32. The second-order valence-corrected chi connectivity index (χ2v) is 9.02. The molecule has 0 bridgehead atoms. The highest BCUT2D eigenvalue weighted by atomic mass is 16.5. The van der Waals surface area contributed by atoms with E-state index >= 15 is 0 Å². The van der Waals surface area contributed by atoms with Crippen molar-refractivity contribution in [3.63, 3.8) is 0 Å². The molecule has 0 N–H and O–H groups in total. The van der Waals surface area contributed by atoms with E-state index < -0.39 is 0 Å². The maximum atomic E-state index is 6.52. The molecule has 0 atom stereocenters. The summed E-state index contributed by atoms with van der Waals surface area (Å²) in [5.74, 6) is 1.93. The van der Waals surface area contributed by atoms with E-state index in [-0.39, 0.29) is 10.8 Å². The molecule has 146 valence electrons. The van der Waals surface area contributed by atoms with Crippen LogP contribution in [0.2, 0.25) is 0 Å². The lowest BCUT2D eigenvalue weighted by Crippen LogP contribution is -2.43. The second kappa shape index (κ2) is 5.86. The van der Waals surface area contributed by atoms with E-state index in [1.807, 2.05) is 0 Å². The molecule has 1 aliphatic carbocycles. The molecular formula is C29H24O. The first kappa shape index (κ1) is 17.5. The van der Waals surface area contributed by atoms with Crippen molar-refractivity contribution < 1.29 is 4.74 Å². The van der Waals surface area contributed by atoms with Gasteiger partial charge in [0.15, 0.2) is 0 Å². The Morgan fingerprint density at radius 3 is 1.67 bits per heavy atom. The van der Waals surface area contributed by atoms with Crippen molar-refractivity contribution in [2.75, 3.05) is 0 Å². The van der Waals surface area contributed by atoms with Gasteiger partial charge in [-0.2, -0.15) is 0 Å². The minimum atomic E-state index is -0.390. The lowest BCUT2D eigenvalue weighted by atomic mass is 9.53. The third-order valence-corrected chi connectivity index (χ3v) is 7.13. The maximum absolute atomic E-state index is 6.52. The number of ether oxygens (including phenoxy) is 1. The summed E-state index contributed by atoms with van der Waals surface area (Å²) in [5, 5.41) is 0. The fraction of sp³-hybridized carbons (Fsp3) is 0.172. The number of para-hydroxylation sites is 2. The topological polar surface area (TPSA) is 9.23 Å². The lowest BCUT2D eigenvalue weighted by molar-refractivity contribution is 0.422. The van der Waals surface area contributed by atoms with Gasteiger partial charge in [-0.3, -0.25) is 0 Å². The highest BCUT2D eigenvalue weighted by Gasteiger charge is 2.52. The van der Waals surface area contributed by atoms with Gasteiger partial charge in [0.2, 0.25) is 0 Å². The van der Waals surface area contributed by atoms with Gasteiger partial charge < -0.3 is 4.74 Å². The number of hydrogen-bond donors (Lipinski definition) is 0. The monoisotopic (exact) mass is 388 g/mol. The van der Waals surface area contributed by atoms with Gasteiger partial charge >= 0.3 is 0 Å². The third-order valence-electron chi connectivity index (χ3n) is 7.13. The highest BCUT2D eigenvalue weighted by molar-refractivity contribution is 5.75. The fourth-order valence-electron chi connectivity index (χ4n) is 5.78. The summed E-state index contributed by atoms with van der Waals surface area (Å²) < 4.78 is 6.52. The van der Waals surface area contributed by atoms with E-state index in [9.17, 15) is 0 Å². The van der Waals surface area contributed by atoms with Crippen LogP contribution in [0.25, 0.3) is 0 Å². The standard InChI is InChI=1S/C29H24O/c1-19-11-10-17-25-27(19)30-26-18-9-8-16-24(26)29(25)22-14-6-4-12-20(22)28(2,3)21-13-5-7-15-23(21)29/h4-18H,1-3H3. The van der Waals surface area contributed by atoms with Crippen molar-refractivity contribution in [3.8, 4) is 11.5 Å². The Morgan fingerprint density at radius 2 is 1.03 bits per heavy atom. The predicted octanol–water partition coefficient (Wildman–Crippen LogP) is 7.12. The number of aryl methyl sites for hydroxylation is 1. The molecule has 2 aliphatic rings. The van der Waals surface area contributed by atoms with E-state index in [2.05, 4.69) is 112 Å². The van der Waals surface area contributed by atoms with Gasteiger partial charge in [0, 0.05) is 16.5 Å². The molecule has 0 fully saturated rings. The first-order valence-electron chi connectivity index (χ1n) is 10.6. The summed E-state index contributed by atoms with van der Waals surface area (Å²) in [4.78, 5) is 0. The number of benzene rings is 4. The minimum absolute atomic E-state index is 0.0737. The zero-order valence-corrected chi connectivity index (χ0v) is 17.6. The molecule has 4 aromatic rings. The van der Waals surface area contributed by atoms with Crippen LogP contribution in [0.5, 0.6) is 11.5 Å². The molecule has 6 rings (SSSR count). The van der Waals surface area contributed by atoms with Crippen LogP contribution in [-0.2, 0) is 10.8 Å². The SMILES string of the molecule is Cc1cccc2c1Oc1ccccc1C21c2ccccc2C(C)(C)c2ccccc21. The van der Waals surface area contributed by atoms with Crippen LogP contribution in [0.4, 0.5) is 0 Å². The van der Waals surface area contributed by atoms with Gasteiger partial charge in [0.05, 0.1) is 5.41 Å². The molecule has 1 aliphatic heterocycles. The van der Waals surface area contributed by atoms with Crippen LogP contribution in [0.15, 0.2) is 91.0 Å². The van der Waals surface area contributed by atoms with E-state index in [0.29, 0.717) is 0 Å². The van der Waals surface area contributed by atoms with Gasteiger partial charge in [-0.05, 0) is 40.8 Å². The van der Waals surface area contributed by atoms with Crippen molar-refractivity contribution >= 4 is 0 Å². The molecular weight excluding hydrogens is 364 g/mol. The zero-order chi connectivity index (χ0) is 20.5. The molecule has 0 aromatic heterocycles. The largest absolute Gasteiger partial charge is 0.456 e. The molecule has 1 nitrogen and oxygen atoms in total. The Labute approximate surface area is 178 Å². The maximum Gasteiger partial charge on any atom is 0.135 e. The molecule has 0 amide bonds. The van der Waals surface area contributed by atoms with Crippen LogP contribution in [-0.4, -0.2) is 0 Å². The second-order valence-electron chi connectivity index (χ2n) is 9.02. The predicted molar refractivity (Wildman–Crippen MR) is 122 cm³/mol. The Kier molecular flexibility index (Phi) is 3.42. The molecule has 4 aromatic carbocycles. The average molecular weight is 389 g/mol. The normalized spacial score (nSPS) is 16.6. The average Bonchev–Trinajstić information content (AvgIpc) is 2.78. The van der Waals surface area contributed by atoms with Crippen LogP contribution >= 0.6 is 0 Å². The molecule has 0 saturated heterocycles. The first-order chi connectivity index (χ1) is 14.6. The molecule has 0 radical (unpaired) electrons. The van der Waals surface area contributed by atoms with Crippen molar-refractivity contribution in [2.24, 2.45) is 0 Å². The summed E-state index contributed by atoms with van der Waals surface area (Å²) in [6.45, 7) is 6.84. The highest BCUT2D eigenvalue weighted by Crippen LogP contribution is 2.61. The molecule has 1 spiro atoms. The van der Waals surface area contributed by atoms with E-state index in [0.717, 1.165) is 11.5 Å². The molecule has 30 heavy (non-hydrogen) atoms. The Bertz CT molecular complexity index is 1260. The quantitative estimate of drug-likeness (QED) is 0.274. The summed E-state index contributed by atoms with van der Waals surface area (Å²) in [7, 11) is 0.